The summed E-state index contributed by atoms with van der Waals surface area (Å²) in [4.78, 5) is 21.3. The highest BCUT2D eigenvalue weighted by molar-refractivity contribution is 7.09. The number of methoxy groups -OCH3 is 1. The quantitative estimate of drug-likeness (QED) is 0.292. The molecule has 0 radical (unpaired) electrons. The minimum absolute atomic E-state index is 0.0463. The van der Waals surface area contributed by atoms with Crippen molar-refractivity contribution in [2.45, 2.75) is 58.3 Å². The third-order valence-electron chi connectivity index (χ3n) is 7.47. The van der Waals surface area contributed by atoms with Crippen LogP contribution < -0.4 is 10.2 Å². The molecule has 0 bridgehead atoms. The Morgan fingerprint density at radius 2 is 2.00 bits per heavy atom. The van der Waals surface area contributed by atoms with Gasteiger partial charge in [-0.15, -0.1) is 11.3 Å². The van der Waals surface area contributed by atoms with Gasteiger partial charge in [0.05, 0.1) is 41.6 Å². The molecule has 3 heterocycles. The first-order valence-electron chi connectivity index (χ1n) is 12.8. The first-order valence-corrected chi connectivity index (χ1v) is 13.7. The lowest BCUT2D eigenvalue weighted by molar-refractivity contribution is 0.0601. The predicted octanol–water partition coefficient (Wildman–Crippen LogP) is 6.91. The molecule has 2 aliphatic rings. The molecule has 1 N–H and O–H groups in total. The van der Waals surface area contributed by atoms with Gasteiger partial charge in [0.2, 0.25) is 0 Å². The van der Waals surface area contributed by atoms with Gasteiger partial charge in [0, 0.05) is 17.0 Å². The molecule has 0 unspecified atom stereocenters. The van der Waals surface area contributed by atoms with Gasteiger partial charge in [-0.25, -0.2) is 9.78 Å². The van der Waals surface area contributed by atoms with Crippen molar-refractivity contribution in [3.63, 3.8) is 0 Å². The second-order valence-corrected chi connectivity index (χ2v) is 11.4. The van der Waals surface area contributed by atoms with Crippen LogP contribution in [0.3, 0.4) is 0 Å². The predicted molar refractivity (Wildman–Crippen MR) is 147 cm³/mol. The summed E-state index contributed by atoms with van der Waals surface area (Å²) in [5.41, 5.74) is 5.89. The van der Waals surface area contributed by atoms with Crippen molar-refractivity contribution in [2.24, 2.45) is 5.92 Å². The highest BCUT2D eigenvalue weighted by Gasteiger charge is 2.46. The second kappa shape index (κ2) is 8.96. The summed E-state index contributed by atoms with van der Waals surface area (Å²) in [5, 5.41) is 6.10. The van der Waals surface area contributed by atoms with Crippen molar-refractivity contribution in [1.29, 1.82) is 0 Å². The lowest BCUT2D eigenvalue weighted by atomic mass is 10.1. The zero-order valence-electron chi connectivity index (χ0n) is 21.1. The van der Waals surface area contributed by atoms with Gasteiger partial charge in [0.15, 0.2) is 0 Å². The minimum atomic E-state index is -0.341. The van der Waals surface area contributed by atoms with E-state index in [-0.39, 0.29) is 11.6 Å². The smallest absolute Gasteiger partial charge is 0.337 e. The topological polar surface area (TPSA) is 59.4 Å². The molecular weight excluding hydrogens is 468 g/mol. The molecule has 7 heteroatoms. The maximum absolute atomic E-state index is 12.2. The van der Waals surface area contributed by atoms with E-state index in [0.717, 1.165) is 48.4 Å². The van der Waals surface area contributed by atoms with Crippen LogP contribution in [0.4, 0.5) is 11.4 Å². The number of nitrogens with zero attached hydrogens (tertiary/aromatic N) is 3. The zero-order chi connectivity index (χ0) is 24.9. The average Bonchev–Trinajstić information content (AvgIpc) is 3.67. The van der Waals surface area contributed by atoms with E-state index in [1.165, 1.54) is 36.2 Å². The van der Waals surface area contributed by atoms with Crippen molar-refractivity contribution in [2.75, 3.05) is 17.3 Å². The molecule has 6 rings (SSSR count). The van der Waals surface area contributed by atoms with Gasteiger partial charge in [-0.3, -0.25) is 0 Å². The summed E-state index contributed by atoms with van der Waals surface area (Å²) in [6, 6.07) is 16.6. The fraction of sp³-hybridized carbons (Fsp3) is 0.379. The van der Waals surface area contributed by atoms with E-state index in [1.54, 1.807) is 0 Å². The van der Waals surface area contributed by atoms with E-state index in [9.17, 15) is 4.79 Å². The molecule has 1 saturated carbocycles. The monoisotopic (exact) mass is 500 g/mol. The number of ether oxygens (including phenoxy) is 1. The molecule has 4 aromatic rings. The van der Waals surface area contributed by atoms with Crippen LogP contribution in [0, 0.1) is 5.92 Å². The molecule has 1 fully saturated rings. The normalized spacial score (nSPS) is 16.2. The van der Waals surface area contributed by atoms with Crippen molar-refractivity contribution >= 4 is 39.7 Å². The Bertz CT molecular complexity index is 1420. The maximum atomic E-state index is 12.2. The number of carbonyl (C=O) groups is 1. The number of carbonyl (C=O) groups excluding carboxylic acids is 1. The Morgan fingerprint density at radius 3 is 2.72 bits per heavy atom. The first kappa shape index (κ1) is 23.1. The standard InChI is InChI=1S/C29H32N4O2S/c1-19(2)17-32-25-12-11-20(28(34)35-3)16-24(25)30-27(32)22-9-6-10-23-26(22)33(18-21-8-7-15-36-21)29(31-23)13-4-5-14-29/h6-12,15-16,19,31H,4-5,13-14,17-18H2,1-3H3. The molecule has 36 heavy (non-hydrogen) atoms. The van der Waals surface area contributed by atoms with Crippen LogP contribution in [0.2, 0.25) is 0 Å². The number of imidazole rings is 1. The molecule has 0 saturated heterocycles. The Morgan fingerprint density at radius 1 is 1.17 bits per heavy atom. The molecule has 0 amide bonds. The third-order valence-corrected chi connectivity index (χ3v) is 8.33. The summed E-state index contributed by atoms with van der Waals surface area (Å²) in [7, 11) is 1.41. The number of benzene rings is 2. The number of aromatic nitrogens is 2. The number of thiophene rings is 1. The van der Waals surface area contributed by atoms with E-state index >= 15 is 0 Å². The second-order valence-electron chi connectivity index (χ2n) is 10.4. The summed E-state index contributed by atoms with van der Waals surface area (Å²) in [6.45, 7) is 6.18. The molecule has 2 aromatic heterocycles. The van der Waals surface area contributed by atoms with Gasteiger partial charge < -0.3 is 19.5 Å². The molecule has 0 atom stereocenters. The maximum Gasteiger partial charge on any atom is 0.337 e. The number of nitrogens with one attached hydrogen (secondary N) is 1. The number of anilines is 2. The number of rotatable bonds is 6. The van der Waals surface area contributed by atoms with Gasteiger partial charge in [-0.2, -0.15) is 0 Å². The number of para-hydroxylation sites is 1. The Kier molecular flexibility index (Phi) is 5.75. The van der Waals surface area contributed by atoms with Crippen molar-refractivity contribution in [3.8, 4) is 11.4 Å². The van der Waals surface area contributed by atoms with Gasteiger partial charge in [0.1, 0.15) is 11.5 Å². The summed E-state index contributed by atoms with van der Waals surface area (Å²) in [6.07, 6.45) is 4.74. The molecule has 1 spiro atoms. The first-order chi connectivity index (χ1) is 17.5. The molecule has 1 aliphatic heterocycles. The van der Waals surface area contributed by atoms with Crippen molar-refractivity contribution in [1.82, 2.24) is 9.55 Å². The third kappa shape index (κ3) is 3.77. The molecule has 186 valence electrons. The lowest BCUT2D eigenvalue weighted by Gasteiger charge is -2.37. The van der Waals surface area contributed by atoms with Crippen LogP contribution in [-0.4, -0.2) is 28.3 Å². The molecule has 1 aliphatic carbocycles. The van der Waals surface area contributed by atoms with E-state index in [2.05, 4.69) is 64.3 Å². The zero-order valence-corrected chi connectivity index (χ0v) is 21.9. The fourth-order valence-corrected chi connectivity index (χ4v) is 6.61. The summed E-state index contributed by atoms with van der Waals surface area (Å²) < 4.78 is 7.28. The molecule has 2 aromatic carbocycles. The largest absolute Gasteiger partial charge is 0.465 e. The van der Waals surface area contributed by atoms with Crippen molar-refractivity contribution in [3.05, 3.63) is 64.4 Å². The van der Waals surface area contributed by atoms with Gasteiger partial charge >= 0.3 is 5.97 Å². The van der Waals surface area contributed by atoms with Crippen LogP contribution >= 0.6 is 11.3 Å². The number of hydrogen-bond acceptors (Lipinski definition) is 6. The number of esters is 1. The van der Waals surface area contributed by atoms with Crippen LogP contribution in [0.1, 0.15) is 54.8 Å². The number of hydrogen-bond donors (Lipinski definition) is 1. The van der Waals surface area contributed by atoms with E-state index in [0.29, 0.717) is 11.5 Å². The van der Waals surface area contributed by atoms with Crippen LogP contribution in [0.15, 0.2) is 53.9 Å². The number of fused-ring (bicyclic) bond motifs is 2. The Balaban J connectivity index is 1.54. The fourth-order valence-electron chi connectivity index (χ4n) is 5.92. The highest BCUT2D eigenvalue weighted by atomic mass is 32.1. The summed E-state index contributed by atoms with van der Waals surface area (Å²) >= 11 is 1.82. The highest BCUT2D eigenvalue weighted by Crippen LogP contribution is 2.52. The van der Waals surface area contributed by atoms with Gasteiger partial charge in [-0.1, -0.05) is 26.0 Å². The van der Waals surface area contributed by atoms with E-state index in [1.807, 2.05) is 29.5 Å². The molecule has 6 nitrogen and oxygen atoms in total. The van der Waals surface area contributed by atoms with Crippen molar-refractivity contribution < 1.29 is 9.53 Å². The van der Waals surface area contributed by atoms with Crippen LogP contribution in [-0.2, 0) is 17.8 Å². The van der Waals surface area contributed by atoms with Crippen LogP contribution in [0.5, 0.6) is 0 Å². The SMILES string of the molecule is COC(=O)c1ccc2c(c1)nc(-c1cccc3c1N(Cc1cccs1)C1(CCCC1)N3)n2CC(C)C. The van der Waals surface area contributed by atoms with E-state index in [4.69, 9.17) is 9.72 Å². The van der Waals surface area contributed by atoms with Gasteiger partial charge in [-0.05, 0) is 73.4 Å². The summed E-state index contributed by atoms with van der Waals surface area (Å²) in [5.74, 6) is 1.05. The van der Waals surface area contributed by atoms with E-state index < -0.39 is 0 Å². The average molecular weight is 501 g/mol. The Hall–Kier alpha value is -3.32. The minimum Gasteiger partial charge on any atom is -0.465 e. The lowest BCUT2D eigenvalue weighted by Crippen LogP contribution is -2.48. The Labute approximate surface area is 215 Å². The van der Waals surface area contributed by atoms with Crippen LogP contribution in [0.25, 0.3) is 22.4 Å². The molecular formula is C29H32N4O2S. The van der Waals surface area contributed by atoms with Gasteiger partial charge in [0.25, 0.3) is 0 Å².